The van der Waals surface area contributed by atoms with Crippen molar-refractivity contribution in [1.29, 1.82) is 0 Å². The summed E-state index contributed by atoms with van der Waals surface area (Å²) in [5, 5.41) is 9.75. The van der Waals surface area contributed by atoms with Crippen molar-refractivity contribution in [3.05, 3.63) is 0 Å². The lowest BCUT2D eigenvalue weighted by atomic mass is 9.62. The minimum absolute atomic E-state index is 0.160. The van der Waals surface area contributed by atoms with Gasteiger partial charge in [0, 0.05) is 0 Å². The van der Waals surface area contributed by atoms with Crippen LogP contribution in [-0.4, -0.2) is 23.3 Å². The molecule has 0 radical (unpaired) electrons. The number of rotatable bonds is 3. The van der Waals surface area contributed by atoms with Gasteiger partial charge in [0.25, 0.3) is 0 Å². The zero-order valence-electron chi connectivity index (χ0n) is 13.4. The smallest absolute Gasteiger partial charge is 0.309 e. The lowest BCUT2D eigenvalue weighted by molar-refractivity contribution is -0.155. The van der Waals surface area contributed by atoms with E-state index in [9.17, 15) is 9.90 Å². The predicted octanol–water partition coefficient (Wildman–Crippen LogP) is 4.25. The Kier molecular flexibility index (Phi) is 4.48. The van der Waals surface area contributed by atoms with E-state index in [1.807, 2.05) is 0 Å². The predicted molar refractivity (Wildman–Crippen MR) is 79.7 cm³/mol. The Morgan fingerprint density at radius 1 is 1.20 bits per heavy atom. The molecular formula is C17H30O3. The van der Waals surface area contributed by atoms with Crippen molar-refractivity contribution in [1.82, 2.24) is 0 Å². The van der Waals surface area contributed by atoms with Gasteiger partial charge in [0.1, 0.15) is 0 Å². The summed E-state index contributed by atoms with van der Waals surface area (Å²) in [4.78, 5) is 11.8. The standard InChI is InChI=1S/C17H30O3/c1-12-5-6-14(20-12)11-17(15(18)19)9-7-13(8-10-17)16(2,3)4/h12-14H,5-11H2,1-4H3,(H,18,19). The second kappa shape index (κ2) is 5.67. The van der Waals surface area contributed by atoms with Crippen molar-refractivity contribution < 1.29 is 14.6 Å². The maximum Gasteiger partial charge on any atom is 0.309 e. The normalized spacial score (nSPS) is 38.9. The summed E-state index contributed by atoms with van der Waals surface area (Å²) in [6.07, 6.45) is 6.99. The fourth-order valence-electron chi connectivity index (χ4n) is 4.01. The van der Waals surface area contributed by atoms with Crippen LogP contribution in [0.2, 0.25) is 0 Å². The van der Waals surface area contributed by atoms with Gasteiger partial charge in [0.05, 0.1) is 17.6 Å². The molecule has 2 fully saturated rings. The van der Waals surface area contributed by atoms with Crippen LogP contribution < -0.4 is 0 Å². The van der Waals surface area contributed by atoms with Crippen molar-refractivity contribution in [3.63, 3.8) is 0 Å². The van der Waals surface area contributed by atoms with Gasteiger partial charge in [-0.25, -0.2) is 0 Å². The SMILES string of the molecule is CC1CCC(CC2(C(=O)O)CCC(C(C)(C)C)CC2)O1. The molecular weight excluding hydrogens is 252 g/mol. The third-order valence-electron chi connectivity index (χ3n) is 5.56. The van der Waals surface area contributed by atoms with Crippen molar-refractivity contribution in [3.8, 4) is 0 Å². The molecule has 1 N–H and O–H groups in total. The average Bonchev–Trinajstić information content (AvgIpc) is 2.74. The van der Waals surface area contributed by atoms with Crippen LogP contribution in [0.15, 0.2) is 0 Å². The van der Waals surface area contributed by atoms with Gasteiger partial charge in [-0.1, -0.05) is 20.8 Å². The Bertz CT molecular complexity index is 348. The van der Waals surface area contributed by atoms with Crippen LogP contribution in [0.4, 0.5) is 0 Å². The second-order valence-corrected chi connectivity index (χ2v) is 8.08. The minimum Gasteiger partial charge on any atom is -0.481 e. The first-order chi connectivity index (χ1) is 9.23. The van der Waals surface area contributed by atoms with Gasteiger partial charge in [0.2, 0.25) is 0 Å². The van der Waals surface area contributed by atoms with Gasteiger partial charge in [-0.15, -0.1) is 0 Å². The first kappa shape index (κ1) is 15.8. The quantitative estimate of drug-likeness (QED) is 0.841. The van der Waals surface area contributed by atoms with Crippen LogP contribution in [0, 0.1) is 16.7 Å². The fraction of sp³-hybridized carbons (Fsp3) is 0.941. The molecule has 1 saturated heterocycles. The Hall–Kier alpha value is -0.570. The van der Waals surface area contributed by atoms with Crippen LogP contribution in [0.3, 0.4) is 0 Å². The molecule has 2 atom stereocenters. The maximum absolute atomic E-state index is 11.8. The van der Waals surface area contributed by atoms with E-state index < -0.39 is 11.4 Å². The molecule has 2 unspecified atom stereocenters. The van der Waals surface area contributed by atoms with Crippen molar-refractivity contribution in [2.75, 3.05) is 0 Å². The molecule has 0 aromatic heterocycles. The van der Waals surface area contributed by atoms with Crippen LogP contribution in [-0.2, 0) is 9.53 Å². The van der Waals surface area contributed by atoms with E-state index in [0.717, 1.165) is 38.5 Å². The lowest BCUT2D eigenvalue weighted by Gasteiger charge is -2.42. The summed E-state index contributed by atoms with van der Waals surface area (Å²) < 4.78 is 5.87. The van der Waals surface area contributed by atoms with E-state index >= 15 is 0 Å². The van der Waals surface area contributed by atoms with Crippen molar-refractivity contribution in [2.45, 2.75) is 84.8 Å². The molecule has 0 aromatic rings. The van der Waals surface area contributed by atoms with Crippen LogP contribution in [0.25, 0.3) is 0 Å². The number of hydrogen-bond donors (Lipinski definition) is 1. The molecule has 2 rings (SSSR count). The summed E-state index contributed by atoms with van der Waals surface area (Å²) >= 11 is 0. The third kappa shape index (κ3) is 3.36. The number of carboxylic acids is 1. The molecule has 3 heteroatoms. The Morgan fingerprint density at radius 3 is 2.20 bits per heavy atom. The molecule has 0 aromatic carbocycles. The topological polar surface area (TPSA) is 46.5 Å². The molecule has 1 aliphatic heterocycles. The number of ether oxygens (including phenoxy) is 1. The first-order valence-electron chi connectivity index (χ1n) is 8.12. The van der Waals surface area contributed by atoms with Crippen LogP contribution in [0.5, 0.6) is 0 Å². The van der Waals surface area contributed by atoms with E-state index in [0.29, 0.717) is 23.9 Å². The molecule has 1 heterocycles. The summed E-state index contributed by atoms with van der Waals surface area (Å²) in [5.41, 5.74) is -0.237. The molecule has 1 saturated carbocycles. The van der Waals surface area contributed by atoms with E-state index in [1.54, 1.807) is 0 Å². The summed E-state index contributed by atoms with van der Waals surface area (Å²) in [6.45, 7) is 8.90. The van der Waals surface area contributed by atoms with Gasteiger partial charge >= 0.3 is 5.97 Å². The van der Waals surface area contributed by atoms with Gasteiger partial charge in [-0.05, 0) is 63.2 Å². The highest BCUT2D eigenvalue weighted by Crippen LogP contribution is 2.48. The van der Waals surface area contributed by atoms with E-state index in [2.05, 4.69) is 27.7 Å². The Balaban J connectivity index is 2.00. The van der Waals surface area contributed by atoms with Gasteiger partial charge in [0.15, 0.2) is 0 Å². The highest BCUT2D eigenvalue weighted by Gasteiger charge is 2.46. The first-order valence-corrected chi connectivity index (χ1v) is 8.12. The molecule has 0 spiro atoms. The lowest BCUT2D eigenvalue weighted by Crippen LogP contribution is -2.40. The molecule has 3 nitrogen and oxygen atoms in total. The van der Waals surface area contributed by atoms with Gasteiger partial charge < -0.3 is 9.84 Å². The molecule has 116 valence electrons. The monoisotopic (exact) mass is 282 g/mol. The highest BCUT2D eigenvalue weighted by molar-refractivity contribution is 5.74. The third-order valence-corrected chi connectivity index (χ3v) is 5.56. The zero-order valence-corrected chi connectivity index (χ0v) is 13.4. The second-order valence-electron chi connectivity index (χ2n) is 8.08. The Morgan fingerprint density at radius 2 is 1.80 bits per heavy atom. The van der Waals surface area contributed by atoms with Gasteiger partial charge in [-0.2, -0.15) is 0 Å². The van der Waals surface area contributed by atoms with Gasteiger partial charge in [-0.3, -0.25) is 4.79 Å². The van der Waals surface area contributed by atoms with Crippen molar-refractivity contribution >= 4 is 5.97 Å². The van der Waals surface area contributed by atoms with Crippen LogP contribution in [0.1, 0.15) is 72.6 Å². The number of carboxylic acid groups (broad SMARTS) is 1. The summed E-state index contributed by atoms with van der Waals surface area (Å²) in [6, 6.07) is 0. The average molecular weight is 282 g/mol. The zero-order chi connectivity index (χ0) is 15.0. The van der Waals surface area contributed by atoms with E-state index in [-0.39, 0.29) is 6.10 Å². The minimum atomic E-state index is -0.604. The number of hydrogen-bond acceptors (Lipinski definition) is 2. The highest BCUT2D eigenvalue weighted by atomic mass is 16.5. The molecule has 0 amide bonds. The summed E-state index contributed by atoms with van der Waals surface area (Å²) in [7, 11) is 0. The number of carbonyl (C=O) groups is 1. The largest absolute Gasteiger partial charge is 0.481 e. The van der Waals surface area contributed by atoms with E-state index in [4.69, 9.17) is 4.74 Å². The number of aliphatic carboxylic acids is 1. The van der Waals surface area contributed by atoms with Crippen LogP contribution >= 0.6 is 0 Å². The molecule has 2 aliphatic rings. The van der Waals surface area contributed by atoms with Crippen molar-refractivity contribution in [2.24, 2.45) is 16.7 Å². The summed E-state index contributed by atoms with van der Waals surface area (Å²) in [5.74, 6) is 0.0476. The Labute approximate surface area is 123 Å². The van der Waals surface area contributed by atoms with E-state index in [1.165, 1.54) is 0 Å². The molecule has 20 heavy (non-hydrogen) atoms. The maximum atomic E-state index is 11.8. The fourth-order valence-corrected chi connectivity index (χ4v) is 4.01. The molecule has 0 bridgehead atoms. The molecule has 1 aliphatic carbocycles.